The van der Waals surface area contributed by atoms with Crippen LogP contribution in [0.15, 0.2) is 70.2 Å². The van der Waals surface area contributed by atoms with Crippen molar-refractivity contribution in [1.82, 2.24) is 5.43 Å². The maximum absolute atomic E-state index is 11.9. The molecule has 0 unspecified atom stereocenters. The largest absolute Gasteiger partial charge is 0.496 e. The Morgan fingerprint density at radius 3 is 2.81 bits per heavy atom. The molecule has 0 aliphatic heterocycles. The summed E-state index contributed by atoms with van der Waals surface area (Å²) in [6.45, 7) is -0.125. The number of carbonyl (C=O) groups is 1. The Morgan fingerprint density at radius 1 is 1.15 bits per heavy atom. The first-order chi connectivity index (χ1) is 12.7. The number of carbonyl (C=O) groups excluding carboxylic acids is 1. The summed E-state index contributed by atoms with van der Waals surface area (Å²) in [7, 11) is 1.60. The second-order valence-electron chi connectivity index (χ2n) is 5.44. The number of halogens is 1. The summed E-state index contributed by atoms with van der Waals surface area (Å²) >= 11 is 3.35. The van der Waals surface area contributed by atoms with E-state index in [1.807, 2.05) is 48.5 Å². The van der Waals surface area contributed by atoms with Crippen molar-refractivity contribution in [3.05, 3.63) is 70.7 Å². The topological polar surface area (TPSA) is 59.9 Å². The fraction of sp³-hybridized carbons (Fsp3) is 0.100. The van der Waals surface area contributed by atoms with Gasteiger partial charge in [-0.1, -0.05) is 52.3 Å². The highest BCUT2D eigenvalue weighted by atomic mass is 79.9. The Hall–Kier alpha value is -2.86. The van der Waals surface area contributed by atoms with Gasteiger partial charge in [-0.25, -0.2) is 5.43 Å². The van der Waals surface area contributed by atoms with Crippen molar-refractivity contribution in [1.29, 1.82) is 0 Å². The molecule has 3 aromatic rings. The van der Waals surface area contributed by atoms with E-state index in [2.05, 4.69) is 26.5 Å². The standard InChI is InChI=1S/C20H17BrN2O3/c1-25-19-10-9-14-5-2-3-8-17(14)18(19)12-22-23-20(24)13-26-16-7-4-6-15(21)11-16/h2-12H,13H2,1H3,(H,23,24)/b22-12-. The van der Waals surface area contributed by atoms with Crippen LogP contribution in [0.5, 0.6) is 11.5 Å². The van der Waals surface area contributed by atoms with Crippen LogP contribution < -0.4 is 14.9 Å². The van der Waals surface area contributed by atoms with Gasteiger partial charge in [-0.15, -0.1) is 0 Å². The van der Waals surface area contributed by atoms with Gasteiger partial charge >= 0.3 is 0 Å². The van der Waals surface area contributed by atoms with E-state index in [0.29, 0.717) is 11.5 Å². The molecular weight excluding hydrogens is 396 g/mol. The molecule has 6 heteroatoms. The second kappa shape index (κ2) is 8.49. The van der Waals surface area contributed by atoms with Crippen molar-refractivity contribution >= 4 is 38.8 Å². The molecule has 0 aliphatic carbocycles. The number of nitrogens with zero attached hydrogens (tertiary/aromatic N) is 1. The third kappa shape index (κ3) is 4.40. The normalized spacial score (nSPS) is 10.8. The number of rotatable bonds is 6. The van der Waals surface area contributed by atoms with Crippen LogP contribution in [0.3, 0.4) is 0 Å². The van der Waals surface area contributed by atoms with Crippen LogP contribution in [0, 0.1) is 0 Å². The maximum atomic E-state index is 11.9. The Morgan fingerprint density at radius 2 is 2.00 bits per heavy atom. The lowest BCUT2D eigenvalue weighted by Gasteiger charge is -2.08. The fourth-order valence-electron chi connectivity index (χ4n) is 2.49. The molecule has 3 rings (SSSR count). The number of amides is 1. The van der Waals surface area contributed by atoms with Gasteiger partial charge in [0.25, 0.3) is 5.91 Å². The average molecular weight is 413 g/mol. The van der Waals surface area contributed by atoms with Gasteiger partial charge in [-0.05, 0) is 35.0 Å². The number of hydrogen-bond donors (Lipinski definition) is 1. The zero-order chi connectivity index (χ0) is 18.4. The monoisotopic (exact) mass is 412 g/mol. The number of benzene rings is 3. The highest BCUT2D eigenvalue weighted by Gasteiger charge is 2.06. The van der Waals surface area contributed by atoms with Crippen LogP contribution in [0.4, 0.5) is 0 Å². The van der Waals surface area contributed by atoms with Crippen molar-refractivity contribution in [2.45, 2.75) is 0 Å². The molecule has 0 fully saturated rings. The van der Waals surface area contributed by atoms with Crippen molar-refractivity contribution in [2.24, 2.45) is 5.10 Å². The van der Waals surface area contributed by atoms with E-state index in [1.165, 1.54) is 0 Å². The summed E-state index contributed by atoms with van der Waals surface area (Å²) in [5, 5.41) is 6.10. The summed E-state index contributed by atoms with van der Waals surface area (Å²) < 4.78 is 11.7. The van der Waals surface area contributed by atoms with E-state index in [1.54, 1.807) is 25.5 Å². The molecule has 1 N–H and O–H groups in total. The molecule has 0 saturated heterocycles. The molecule has 0 heterocycles. The molecule has 26 heavy (non-hydrogen) atoms. The molecule has 0 radical (unpaired) electrons. The lowest BCUT2D eigenvalue weighted by molar-refractivity contribution is -0.123. The van der Waals surface area contributed by atoms with Gasteiger partial charge in [-0.2, -0.15) is 5.10 Å². The molecule has 5 nitrogen and oxygen atoms in total. The van der Waals surface area contributed by atoms with Gasteiger partial charge in [0.05, 0.1) is 13.3 Å². The third-order valence-electron chi connectivity index (χ3n) is 3.70. The molecule has 0 bridgehead atoms. The van der Waals surface area contributed by atoms with E-state index in [0.717, 1.165) is 20.8 Å². The number of fused-ring (bicyclic) bond motifs is 1. The lowest BCUT2D eigenvalue weighted by Crippen LogP contribution is -2.24. The average Bonchev–Trinajstić information content (AvgIpc) is 2.66. The molecule has 0 spiro atoms. The summed E-state index contributed by atoms with van der Waals surface area (Å²) in [5.74, 6) is 0.946. The Bertz CT molecular complexity index is 957. The first kappa shape index (κ1) is 17.9. The van der Waals surface area contributed by atoms with Crippen LogP contribution in [0.1, 0.15) is 5.56 Å². The predicted molar refractivity (Wildman–Crippen MR) is 106 cm³/mol. The van der Waals surface area contributed by atoms with Gasteiger partial charge < -0.3 is 9.47 Å². The van der Waals surface area contributed by atoms with Crippen molar-refractivity contribution < 1.29 is 14.3 Å². The molecular formula is C20H17BrN2O3. The first-order valence-electron chi connectivity index (χ1n) is 7.93. The molecule has 3 aromatic carbocycles. The van der Waals surface area contributed by atoms with Crippen molar-refractivity contribution in [2.75, 3.05) is 13.7 Å². The second-order valence-corrected chi connectivity index (χ2v) is 6.36. The zero-order valence-corrected chi connectivity index (χ0v) is 15.7. The minimum absolute atomic E-state index is 0.125. The maximum Gasteiger partial charge on any atom is 0.277 e. The summed E-state index contributed by atoms with van der Waals surface area (Å²) in [6.07, 6.45) is 1.58. The minimum Gasteiger partial charge on any atom is -0.496 e. The summed E-state index contributed by atoms with van der Waals surface area (Å²) in [6, 6.07) is 19.1. The van der Waals surface area contributed by atoms with Crippen LogP contribution in [-0.2, 0) is 4.79 Å². The van der Waals surface area contributed by atoms with Gasteiger partial charge in [0.1, 0.15) is 11.5 Å². The number of nitrogens with one attached hydrogen (secondary N) is 1. The molecule has 1 amide bonds. The van der Waals surface area contributed by atoms with Crippen LogP contribution >= 0.6 is 15.9 Å². The number of hydrazone groups is 1. The lowest BCUT2D eigenvalue weighted by atomic mass is 10.0. The van der Waals surface area contributed by atoms with E-state index >= 15 is 0 Å². The van der Waals surface area contributed by atoms with Gasteiger partial charge in [-0.3, -0.25) is 4.79 Å². The quantitative estimate of drug-likeness (QED) is 0.488. The fourth-order valence-corrected chi connectivity index (χ4v) is 2.87. The Balaban J connectivity index is 1.66. The smallest absolute Gasteiger partial charge is 0.277 e. The van der Waals surface area contributed by atoms with Crippen molar-refractivity contribution in [3.63, 3.8) is 0 Å². The number of methoxy groups -OCH3 is 1. The Labute approximate surface area is 159 Å². The van der Waals surface area contributed by atoms with Gasteiger partial charge in [0.2, 0.25) is 0 Å². The minimum atomic E-state index is -0.347. The van der Waals surface area contributed by atoms with E-state index in [-0.39, 0.29) is 12.5 Å². The van der Waals surface area contributed by atoms with Crippen molar-refractivity contribution in [3.8, 4) is 11.5 Å². The molecule has 0 aromatic heterocycles. The summed E-state index contributed by atoms with van der Waals surface area (Å²) in [4.78, 5) is 11.9. The van der Waals surface area contributed by atoms with Crippen LogP contribution in [-0.4, -0.2) is 25.8 Å². The Kier molecular flexibility index (Phi) is 5.86. The van der Waals surface area contributed by atoms with Gasteiger partial charge in [0.15, 0.2) is 6.61 Å². The SMILES string of the molecule is COc1ccc2ccccc2c1/C=N\NC(=O)COc1cccc(Br)c1. The van der Waals surface area contributed by atoms with Crippen LogP contribution in [0.25, 0.3) is 10.8 Å². The highest BCUT2D eigenvalue weighted by molar-refractivity contribution is 9.10. The van der Waals surface area contributed by atoms with Crippen LogP contribution in [0.2, 0.25) is 0 Å². The number of ether oxygens (including phenoxy) is 2. The van der Waals surface area contributed by atoms with E-state index in [9.17, 15) is 4.79 Å². The first-order valence-corrected chi connectivity index (χ1v) is 8.72. The predicted octanol–water partition coefficient (Wildman–Crippen LogP) is 4.14. The molecule has 0 saturated carbocycles. The number of hydrogen-bond acceptors (Lipinski definition) is 4. The van der Waals surface area contributed by atoms with E-state index in [4.69, 9.17) is 9.47 Å². The molecule has 0 atom stereocenters. The zero-order valence-electron chi connectivity index (χ0n) is 14.1. The van der Waals surface area contributed by atoms with E-state index < -0.39 is 0 Å². The molecule has 132 valence electrons. The highest BCUT2D eigenvalue weighted by Crippen LogP contribution is 2.26. The molecule has 0 aliphatic rings. The summed E-state index contributed by atoms with van der Waals surface area (Å²) in [5.41, 5.74) is 3.27. The van der Waals surface area contributed by atoms with Gasteiger partial charge in [0, 0.05) is 10.0 Å². The third-order valence-corrected chi connectivity index (χ3v) is 4.19.